The summed E-state index contributed by atoms with van der Waals surface area (Å²) in [5.74, 6) is 0.145. The summed E-state index contributed by atoms with van der Waals surface area (Å²) in [5.41, 5.74) is 3.27. The van der Waals surface area contributed by atoms with E-state index in [0.29, 0.717) is 55.1 Å². The van der Waals surface area contributed by atoms with Crippen molar-refractivity contribution >= 4 is 49.8 Å². The summed E-state index contributed by atoms with van der Waals surface area (Å²) in [5, 5.41) is 40.2. The number of piperidine rings is 1. The number of nitro benzene ring substituents is 1. The second-order valence-corrected chi connectivity index (χ2v) is 23.1. The summed E-state index contributed by atoms with van der Waals surface area (Å²) in [7, 11) is -4.72. The van der Waals surface area contributed by atoms with Crippen molar-refractivity contribution in [1.29, 1.82) is 0 Å². The number of hydrogen-bond acceptors (Lipinski definition) is 14. The minimum atomic E-state index is -4.72. The number of amides is 1. The maximum atomic E-state index is 14.4. The molecule has 3 atom stereocenters. The standard InChI is InChI=1S/C53H66N8O9S/c1-32(2)39-8-5-6-9-40(39)43-10-7-21-60(43)37-28-53(29-37)18-22-59(23-19-53)36-11-12-41(45(25-36)70-47-24-35-15-20-54-49(35)57-50(47)55-30-33(3)62)51(63)58-71(67,68)38-26-44(61(65)66)48-46(27-38)69-31-42(56-48)34-13-16-52(4,64)17-14-34/h5-6,8-9,11-12,15,20,24-27,32-34,37,42-43,56,62,64H,7,10,13-14,16-19,21-23,28-31H2,1-4H3,(H,58,63)(H2,54,55,57)/t33-,34-,42-,43+,52-/m1/s1. The van der Waals surface area contributed by atoms with Gasteiger partial charge in [0.1, 0.15) is 18.0 Å². The molecule has 2 aromatic heterocycles. The largest absolute Gasteiger partial charge is 0.489 e. The molecule has 378 valence electrons. The first-order chi connectivity index (χ1) is 33.9. The van der Waals surface area contributed by atoms with Gasteiger partial charge < -0.3 is 40.2 Å². The van der Waals surface area contributed by atoms with Crippen molar-refractivity contribution in [2.45, 2.75) is 133 Å². The van der Waals surface area contributed by atoms with Gasteiger partial charge in [-0.3, -0.25) is 19.8 Å². The molecular weight excluding hydrogens is 925 g/mol. The van der Waals surface area contributed by atoms with E-state index in [4.69, 9.17) is 9.47 Å². The number of carbonyl (C=O) groups is 1. The van der Waals surface area contributed by atoms with Crippen molar-refractivity contribution in [2.75, 3.05) is 48.3 Å². The lowest BCUT2D eigenvalue weighted by Gasteiger charge is -2.56. The minimum absolute atomic E-state index is 0.0160. The molecule has 3 aromatic carbocycles. The van der Waals surface area contributed by atoms with E-state index in [1.54, 1.807) is 44.3 Å². The molecule has 2 aliphatic carbocycles. The molecule has 3 aliphatic heterocycles. The molecule has 5 heterocycles. The van der Waals surface area contributed by atoms with Gasteiger partial charge in [-0.2, -0.15) is 0 Å². The molecule has 17 nitrogen and oxygen atoms in total. The third-order valence-electron chi connectivity index (χ3n) is 16.0. The van der Waals surface area contributed by atoms with Crippen LogP contribution in [0.1, 0.15) is 125 Å². The number of aliphatic hydroxyl groups is 2. The zero-order valence-electron chi connectivity index (χ0n) is 40.9. The van der Waals surface area contributed by atoms with Crippen LogP contribution >= 0.6 is 0 Å². The second-order valence-electron chi connectivity index (χ2n) is 21.4. The fraction of sp³-hybridized carbons (Fsp3) is 0.509. The molecule has 5 aliphatic rings. The highest BCUT2D eigenvalue weighted by atomic mass is 32.2. The summed E-state index contributed by atoms with van der Waals surface area (Å²) in [6, 6.07) is 20.5. The molecule has 2 saturated heterocycles. The van der Waals surface area contributed by atoms with Crippen molar-refractivity contribution in [1.82, 2.24) is 19.6 Å². The summed E-state index contributed by atoms with van der Waals surface area (Å²) < 4.78 is 43.0. The number of ether oxygens (including phenoxy) is 2. The molecule has 5 aromatic rings. The van der Waals surface area contributed by atoms with E-state index in [9.17, 15) is 33.5 Å². The van der Waals surface area contributed by atoms with Crippen LogP contribution in [-0.4, -0.2) is 101 Å². The highest BCUT2D eigenvalue weighted by Gasteiger charge is 2.50. The van der Waals surface area contributed by atoms with E-state index < -0.39 is 43.1 Å². The van der Waals surface area contributed by atoms with Crippen molar-refractivity contribution in [3.05, 3.63) is 99.7 Å². The number of H-pyrrole nitrogens is 1. The number of hydrogen-bond donors (Lipinski definition) is 6. The van der Waals surface area contributed by atoms with Crippen molar-refractivity contribution in [3.63, 3.8) is 0 Å². The lowest BCUT2D eigenvalue weighted by molar-refractivity contribution is -0.384. The van der Waals surface area contributed by atoms with E-state index in [0.717, 1.165) is 49.6 Å². The SMILES string of the molecule is CC(C)c1ccccc1[C@@H]1CCCN1C1CC2(CCN(c3ccc(C(=O)NS(=O)(=O)c4cc5c(c([N+](=O)[O-])c4)N[C@@H]([C@H]4CC[C@](C)(O)CC4)CO5)c(Oc4cc5cc[nH]c5nc4NC[C@@H](C)O)c3)CC2)C1. The third kappa shape index (κ3) is 10.00. The Bertz CT molecular complexity index is 2910. The van der Waals surface area contributed by atoms with Gasteiger partial charge in [0.05, 0.1) is 33.1 Å². The molecule has 1 amide bonds. The Balaban J connectivity index is 0.891. The fourth-order valence-corrected chi connectivity index (χ4v) is 12.9. The summed E-state index contributed by atoms with van der Waals surface area (Å²) in [6.45, 7) is 11.0. The Morgan fingerprint density at radius 1 is 1.00 bits per heavy atom. The molecule has 10 rings (SSSR count). The number of aliphatic hydroxyl groups excluding tert-OH is 1. The minimum Gasteiger partial charge on any atom is -0.489 e. The van der Waals surface area contributed by atoms with Crippen LogP contribution in [0.2, 0.25) is 0 Å². The predicted molar refractivity (Wildman–Crippen MR) is 272 cm³/mol. The van der Waals surface area contributed by atoms with Crippen molar-refractivity contribution < 1.29 is 37.8 Å². The van der Waals surface area contributed by atoms with Gasteiger partial charge >= 0.3 is 0 Å². The lowest BCUT2D eigenvalue weighted by atomic mass is 9.59. The number of aromatic nitrogens is 2. The summed E-state index contributed by atoms with van der Waals surface area (Å²) >= 11 is 0. The monoisotopic (exact) mass is 990 g/mol. The molecule has 0 bridgehead atoms. The van der Waals surface area contributed by atoms with Crippen LogP contribution in [0.15, 0.2) is 77.8 Å². The summed E-state index contributed by atoms with van der Waals surface area (Å²) in [4.78, 5) is 38.5. The number of anilines is 3. The number of nitrogens with zero attached hydrogens (tertiary/aromatic N) is 4. The van der Waals surface area contributed by atoms with Gasteiger partial charge in [0.15, 0.2) is 23.0 Å². The van der Waals surface area contributed by atoms with Crippen LogP contribution in [0.4, 0.5) is 22.9 Å². The average molecular weight is 991 g/mol. The van der Waals surface area contributed by atoms with E-state index in [2.05, 4.69) is 73.2 Å². The van der Waals surface area contributed by atoms with Crippen LogP contribution in [0.25, 0.3) is 11.0 Å². The van der Waals surface area contributed by atoms with Crippen LogP contribution in [-0.2, 0) is 10.0 Å². The zero-order chi connectivity index (χ0) is 49.8. The van der Waals surface area contributed by atoms with Crippen molar-refractivity contribution in [2.24, 2.45) is 11.3 Å². The van der Waals surface area contributed by atoms with Gasteiger partial charge in [0, 0.05) is 67.2 Å². The van der Waals surface area contributed by atoms with Crippen molar-refractivity contribution in [3.8, 4) is 17.2 Å². The van der Waals surface area contributed by atoms with Gasteiger partial charge in [-0.1, -0.05) is 38.1 Å². The Labute approximate surface area is 414 Å². The number of likely N-dealkylation sites (tertiary alicyclic amines) is 1. The maximum Gasteiger partial charge on any atom is 0.297 e. The third-order valence-corrected chi connectivity index (χ3v) is 17.3. The number of pyridine rings is 1. The highest BCUT2D eigenvalue weighted by molar-refractivity contribution is 7.90. The number of sulfonamides is 1. The molecule has 4 fully saturated rings. The Morgan fingerprint density at radius 3 is 2.49 bits per heavy atom. The fourth-order valence-electron chi connectivity index (χ4n) is 11.9. The number of carbonyl (C=O) groups excluding carboxylic acids is 1. The second kappa shape index (κ2) is 19.2. The molecule has 0 radical (unpaired) electrons. The Morgan fingerprint density at radius 2 is 1.76 bits per heavy atom. The van der Waals surface area contributed by atoms with E-state index in [1.165, 1.54) is 42.9 Å². The first-order valence-corrected chi connectivity index (χ1v) is 26.8. The lowest BCUT2D eigenvalue weighted by Crippen LogP contribution is -2.54. The molecule has 1 spiro atoms. The number of nitro groups is 1. The maximum absolute atomic E-state index is 14.4. The number of benzene rings is 3. The molecule has 71 heavy (non-hydrogen) atoms. The molecule has 18 heteroatoms. The van der Waals surface area contributed by atoms with Crippen LogP contribution in [0, 0.1) is 21.4 Å². The predicted octanol–water partition coefficient (Wildman–Crippen LogP) is 9.00. The number of nitrogens with one attached hydrogen (secondary N) is 4. The molecular formula is C53H66N8O9S. The van der Waals surface area contributed by atoms with Gasteiger partial charge in [-0.25, -0.2) is 18.1 Å². The van der Waals surface area contributed by atoms with E-state index >= 15 is 0 Å². The quantitative estimate of drug-likeness (QED) is 0.0451. The smallest absolute Gasteiger partial charge is 0.297 e. The van der Waals surface area contributed by atoms with Gasteiger partial charge in [0.25, 0.3) is 21.6 Å². The molecule has 0 unspecified atom stereocenters. The summed E-state index contributed by atoms with van der Waals surface area (Å²) in [6.07, 6.45) is 10.4. The van der Waals surface area contributed by atoms with Crippen LogP contribution < -0.4 is 29.7 Å². The number of fused-ring (bicyclic) bond motifs is 2. The highest BCUT2D eigenvalue weighted by Crippen LogP contribution is 2.54. The number of rotatable bonds is 14. The van der Waals surface area contributed by atoms with E-state index in [1.807, 2.05) is 6.07 Å². The van der Waals surface area contributed by atoms with Gasteiger partial charge in [-0.05, 0) is 137 Å². The zero-order valence-corrected chi connectivity index (χ0v) is 41.8. The Kier molecular flexibility index (Phi) is 13.2. The van der Waals surface area contributed by atoms with Crippen LogP contribution in [0.3, 0.4) is 0 Å². The normalized spacial score (nSPS) is 23.9. The first-order valence-electron chi connectivity index (χ1n) is 25.3. The molecule has 2 saturated carbocycles. The molecule has 6 N–H and O–H groups in total. The van der Waals surface area contributed by atoms with Crippen LogP contribution in [0.5, 0.6) is 17.2 Å². The average Bonchev–Trinajstić information content (AvgIpc) is 4.02. The first kappa shape index (κ1) is 48.7. The number of aromatic amines is 1. The van der Waals surface area contributed by atoms with Gasteiger partial charge in [0.2, 0.25) is 0 Å². The van der Waals surface area contributed by atoms with Gasteiger partial charge in [-0.15, -0.1) is 0 Å². The Hall–Kier alpha value is -5.95. The topological polar surface area (TPSA) is 225 Å². The van der Waals surface area contributed by atoms with E-state index in [-0.39, 0.29) is 59.0 Å².